The van der Waals surface area contributed by atoms with Crippen LogP contribution in [-0.2, 0) is 4.74 Å². The minimum absolute atomic E-state index is 0.00851. The fourth-order valence-corrected chi connectivity index (χ4v) is 5.18. The number of carbonyl (C=O) groups excluding carboxylic acids is 1. The minimum atomic E-state index is -1.74. The van der Waals surface area contributed by atoms with Crippen LogP contribution in [0, 0.1) is 0 Å². The van der Waals surface area contributed by atoms with Gasteiger partial charge in [-0.25, -0.2) is 14.4 Å². The smallest absolute Gasteiger partial charge is 0.270 e. The van der Waals surface area contributed by atoms with Gasteiger partial charge in [0.15, 0.2) is 5.67 Å². The number of hydrogen-bond acceptors (Lipinski definition) is 9. The van der Waals surface area contributed by atoms with E-state index in [0.29, 0.717) is 48.2 Å². The van der Waals surface area contributed by atoms with Crippen molar-refractivity contribution in [3.63, 3.8) is 0 Å². The van der Waals surface area contributed by atoms with Crippen molar-refractivity contribution in [2.75, 3.05) is 29.9 Å². The summed E-state index contributed by atoms with van der Waals surface area (Å²) in [6, 6.07) is 3.69. The summed E-state index contributed by atoms with van der Waals surface area (Å²) < 4.78 is 20.3. The second-order valence-corrected chi connectivity index (χ2v) is 10.9. The molecule has 39 heavy (non-hydrogen) atoms. The van der Waals surface area contributed by atoms with Crippen LogP contribution in [0.1, 0.15) is 68.9 Å². The molecule has 2 fully saturated rings. The standard InChI is InChI=1S/C28H36FN7O3/c1-5-39-18-10-17(11-18)33-26(38)25-21-14-31-24(12-19(21)20(13-32-25)16(2)3)34-23-6-8-30-27(35-23)36-9-7-22(37)28(4,29)15-36/h6,8,12-14,16-18,22,37H,5,7,9-11,15H2,1-4H3,(H,33,38)(H,30,31,34,35)/t17-,18-,22-,28+/m1/s1. The molecule has 11 heteroatoms. The van der Waals surface area contributed by atoms with Gasteiger partial charge in [-0.1, -0.05) is 13.8 Å². The first-order valence-electron chi connectivity index (χ1n) is 13.6. The molecule has 1 aliphatic carbocycles. The SMILES string of the molecule is CCO[C@H]1C[C@H](NC(=O)c2ncc(C(C)C)c3cc(Nc4ccnc(N5CC[C@@H](O)[C@@](C)(F)C5)n4)ncc23)C1. The van der Waals surface area contributed by atoms with Crippen LogP contribution in [0.25, 0.3) is 10.8 Å². The lowest BCUT2D eigenvalue weighted by Gasteiger charge is -2.38. The molecule has 10 nitrogen and oxygen atoms in total. The van der Waals surface area contributed by atoms with Crippen molar-refractivity contribution in [2.45, 2.75) is 76.8 Å². The lowest BCUT2D eigenvalue weighted by molar-refractivity contribution is -0.00866. The lowest BCUT2D eigenvalue weighted by atomic mass is 9.89. The van der Waals surface area contributed by atoms with Gasteiger partial charge < -0.3 is 25.4 Å². The Labute approximate surface area is 227 Å². The summed E-state index contributed by atoms with van der Waals surface area (Å²) >= 11 is 0. The lowest BCUT2D eigenvalue weighted by Crippen LogP contribution is -2.52. The molecule has 2 aliphatic rings. The molecule has 4 heterocycles. The topological polar surface area (TPSA) is 125 Å². The van der Waals surface area contributed by atoms with E-state index < -0.39 is 11.8 Å². The number of nitrogens with one attached hydrogen (secondary N) is 2. The average molecular weight is 538 g/mol. The van der Waals surface area contributed by atoms with E-state index >= 15 is 0 Å². The quantitative estimate of drug-likeness (QED) is 0.392. The molecule has 3 N–H and O–H groups in total. The van der Waals surface area contributed by atoms with Gasteiger partial charge in [0.05, 0.1) is 18.8 Å². The van der Waals surface area contributed by atoms with Gasteiger partial charge in [-0.3, -0.25) is 9.78 Å². The molecule has 0 aromatic carbocycles. The molecule has 0 radical (unpaired) electrons. The molecule has 1 amide bonds. The Bertz CT molecular complexity index is 1350. The Kier molecular flexibility index (Phi) is 7.64. The summed E-state index contributed by atoms with van der Waals surface area (Å²) in [6.45, 7) is 8.67. The highest BCUT2D eigenvalue weighted by molar-refractivity contribution is 6.06. The highest BCUT2D eigenvalue weighted by Gasteiger charge is 2.39. The fourth-order valence-electron chi connectivity index (χ4n) is 5.18. The minimum Gasteiger partial charge on any atom is -0.390 e. The molecular weight excluding hydrogens is 501 g/mol. The number of carbonyl (C=O) groups is 1. The molecule has 0 bridgehead atoms. The maximum atomic E-state index is 14.7. The average Bonchev–Trinajstić information content (AvgIpc) is 2.88. The molecule has 0 spiro atoms. The molecule has 1 saturated heterocycles. The van der Waals surface area contributed by atoms with Gasteiger partial charge in [0.1, 0.15) is 17.3 Å². The molecule has 5 rings (SSSR count). The Morgan fingerprint density at radius 2 is 2.03 bits per heavy atom. The monoisotopic (exact) mass is 537 g/mol. The summed E-state index contributed by atoms with van der Waals surface area (Å²) in [5.41, 5.74) is -0.386. The van der Waals surface area contributed by atoms with Crippen LogP contribution < -0.4 is 15.5 Å². The van der Waals surface area contributed by atoms with Crippen molar-refractivity contribution in [1.29, 1.82) is 0 Å². The van der Waals surface area contributed by atoms with Gasteiger partial charge in [0.2, 0.25) is 5.95 Å². The Balaban J connectivity index is 1.37. The number of nitrogens with zero attached hydrogens (tertiary/aromatic N) is 5. The first kappa shape index (κ1) is 27.1. The van der Waals surface area contributed by atoms with Crippen LogP contribution in [0.15, 0.2) is 30.7 Å². The van der Waals surface area contributed by atoms with Crippen LogP contribution in [0.2, 0.25) is 0 Å². The Hall–Kier alpha value is -3.44. The number of aromatic nitrogens is 4. The number of alkyl halides is 1. The van der Waals surface area contributed by atoms with E-state index in [-0.39, 0.29) is 30.5 Å². The summed E-state index contributed by atoms with van der Waals surface area (Å²) in [5, 5.41) is 17.8. The highest BCUT2D eigenvalue weighted by atomic mass is 19.1. The van der Waals surface area contributed by atoms with Gasteiger partial charge in [-0.2, -0.15) is 4.98 Å². The number of aliphatic hydroxyl groups is 1. The summed E-state index contributed by atoms with van der Waals surface area (Å²) in [4.78, 5) is 32.8. The zero-order valence-corrected chi connectivity index (χ0v) is 22.8. The van der Waals surface area contributed by atoms with E-state index in [2.05, 4.69) is 44.4 Å². The van der Waals surface area contributed by atoms with E-state index in [1.807, 2.05) is 13.0 Å². The normalized spacial score (nSPS) is 25.0. The van der Waals surface area contributed by atoms with Crippen LogP contribution in [0.5, 0.6) is 0 Å². The first-order chi connectivity index (χ1) is 18.6. The number of anilines is 3. The third kappa shape index (κ3) is 5.79. The third-order valence-electron chi connectivity index (χ3n) is 7.52. The number of halogens is 1. The van der Waals surface area contributed by atoms with Crippen LogP contribution in [0.4, 0.5) is 22.0 Å². The Morgan fingerprint density at radius 1 is 1.23 bits per heavy atom. The van der Waals surface area contributed by atoms with Gasteiger partial charge >= 0.3 is 0 Å². The van der Waals surface area contributed by atoms with E-state index in [0.717, 1.165) is 23.8 Å². The molecule has 208 valence electrons. The summed E-state index contributed by atoms with van der Waals surface area (Å²) in [5.74, 6) is 1.40. The third-order valence-corrected chi connectivity index (χ3v) is 7.52. The maximum absolute atomic E-state index is 14.7. The van der Waals surface area contributed by atoms with Crippen LogP contribution in [-0.4, -0.2) is 74.6 Å². The first-order valence-corrected chi connectivity index (χ1v) is 13.6. The highest BCUT2D eigenvalue weighted by Crippen LogP contribution is 2.31. The molecule has 0 unspecified atom stereocenters. The van der Waals surface area contributed by atoms with E-state index in [9.17, 15) is 14.3 Å². The van der Waals surface area contributed by atoms with Crippen LogP contribution >= 0.6 is 0 Å². The molecule has 3 aromatic heterocycles. The number of piperidine rings is 1. The second-order valence-electron chi connectivity index (χ2n) is 10.9. The molecule has 2 atom stereocenters. The number of rotatable bonds is 8. The number of amides is 1. The van der Waals surface area contributed by atoms with Gasteiger partial charge in [0, 0.05) is 43.2 Å². The Morgan fingerprint density at radius 3 is 2.74 bits per heavy atom. The van der Waals surface area contributed by atoms with Crippen molar-refractivity contribution in [1.82, 2.24) is 25.3 Å². The zero-order valence-electron chi connectivity index (χ0n) is 22.8. The van der Waals surface area contributed by atoms with E-state index in [1.165, 1.54) is 6.92 Å². The van der Waals surface area contributed by atoms with Crippen molar-refractivity contribution in [2.24, 2.45) is 0 Å². The molecule has 3 aromatic rings. The number of aliphatic hydroxyl groups excluding tert-OH is 1. The summed E-state index contributed by atoms with van der Waals surface area (Å²) in [7, 11) is 0. The van der Waals surface area contributed by atoms with E-state index in [1.54, 1.807) is 29.6 Å². The van der Waals surface area contributed by atoms with Gasteiger partial charge in [-0.15, -0.1) is 0 Å². The number of hydrogen-bond donors (Lipinski definition) is 3. The summed E-state index contributed by atoms with van der Waals surface area (Å²) in [6.07, 6.45) is 6.14. The number of pyridine rings is 2. The van der Waals surface area contributed by atoms with Crippen molar-refractivity contribution < 1.29 is 19.0 Å². The van der Waals surface area contributed by atoms with Crippen molar-refractivity contribution >= 4 is 34.3 Å². The van der Waals surface area contributed by atoms with Crippen molar-refractivity contribution in [3.8, 4) is 0 Å². The van der Waals surface area contributed by atoms with Crippen LogP contribution in [0.3, 0.4) is 0 Å². The predicted octanol–water partition coefficient (Wildman–Crippen LogP) is 3.88. The number of ether oxygens (including phenoxy) is 1. The maximum Gasteiger partial charge on any atom is 0.270 e. The van der Waals surface area contributed by atoms with E-state index in [4.69, 9.17) is 4.74 Å². The number of fused-ring (bicyclic) bond motifs is 1. The van der Waals surface area contributed by atoms with Gasteiger partial charge in [0.25, 0.3) is 5.91 Å². The predicted molar refractivity (Wildman–Crippen MR) is 147 cm³/mol. The molecular formula is C28H36FN7O3. The van der Waals surface area contributed by atoms with Gasteiger partial charge in [-0.05, 0) is 62.1 Å². The molecule has 1 aliphatic heterocycles. The van der Waals surface area contributed by atoms with Crippen molar-refractivity contribution in [3.05, 3.63) is 42.0 Å². The fraction of sp³-hybridized carbons (Fsp3) is 0.536. The second kappa shape index (κ2) is 11.0. The zero-order chi connectivity index (χ0) is 27.7. The largest absolute Gasteiger partial charge is 0.390 e. The molecule has 1 saturated carbocycles.